The van der Waals surface area contributed by atoms with Crippen LogP contribution in [0.25, 0.3) is 0 Å². The Hall–Kier alpha value is -0.661. The van der Waals surface area contributed by atoms with Crippen LogP contribution in [0.4, 0.5) is 0 Å². The molecule has 1 rings (SSSR count). The number of Topliss-reactive ketones (excluding diaryl/α,β-unsaturated/α-hetero) is 2. The minimum atomic E-state index is -0.380. The molecule has 0 aromatic heterocycles. The summed E-state index contributed by atoms with van der Waals surface area (Å²) < 4.78 is 1.22. The van der Waals surface area contributed by atoms with Crippen molar-refractivity contribution in [2.45, 2.75) is 20.3 Å². The van der Waals surface area contributed by atoms with E-state index in [1.165, 1.54) is 18.3 Å². The molecule has 1 aliphatic rings. The van der Waals surface area contributed by atoms with Gasteiger partial charge in [-0.1, -0.05) is 0 Å². The summed E-state index contributed by atoms with van der Waals surface area (Å²) in [4.78, 5) is 19.6. The number of ketones is 2. The molecule has 1 aliphatic carbocycles. The van der Waals surface area contributed by atoms with Gasteiger partial charge in [-0.25, -0.2) is 0 Å². The molecule has 2 nitrogen and oxygen atoms in total. The van der Waals surface area contributed by atoms with Gasteiger partial charge in [0.25, 0.3) is 0 Å². The van der Waals surface area contributed by atoms with Crippen molar-refractivity contribution < 1.29 is 25.6 Å². The normalized spacial score (nSPS) is 13.1. The predicted molar refractivity (Wildman–Crippen MR) is 43.2 cm³/mol. The van der Waals surface area contributed by atoms with Crippen LogP contribution in [-0.2, 0) is 25.6 Å². The first-order valence-corrected chi connectivity index (χ1v) is 4.10. The van der Waals surface area contributed by atoms with Crippen LogP contribution < -0.4 is 0 Å². The van der Waals surface area contributed by atoms with E-state index in [0.29, 0.717) is 0 Å². The molecule has 3 heteroatoms. The van der Waals surface area contributed by atoms with E-state index >= 15 is 0 Å². The number of carbonyl (C=O) groups excluding carboxylic acids is 2. The van der Waals surface area contributed by atoms with E-state index in [1.54, 1.807) is 0 Å². The maximum absolute atomic E-state index is 9.79. The van der Waals surface area contributed by atoms with Gasteiger partial charge in [-0.3, -0.25) is 9.59 Å². The van der Waals surface area contributed by atoms with Gasteiger partial charge in [0.1, 0.15) is 0 Å². The molecule has 0 radical (unpaired) electrons. The molecule has 0 atom stereocenters. The number of allylic oxidation sites excluding steroid dienone is 4. The average Bonchev–Trinajstić information content (AvgIpc) is 2.40. The zero-order valence-electron chi connectivity index (χ0n) is 7.11. The first-order chi connectivity index (χ1) is 5.54. The van der Waals surface area contributed by atoms with Gasteiger partial charge in [0.2, 0.25) is 0 Å². The van der Waals surface area contributed by atoms with Crippen molar-refractivity contribution in [2.24, 2.45) is 0 Å². The van der Waals surface area contributed by atoms with E-state index in [4.69, 9.17) is 0 Å². The number of rotatable bonds is 1. The molecular formula is C9H11FeO2. The van der Waals surface area contributed by atoms with Crippen molar-refractivity contribution in [2.75, 3.05) is 0 Å². The summed E-state index contributed by atoms with van der Waals surface area (Å²) in [6.07, 6.45) is 7.21. The van der Waals surface area contributed by atoms with E-state index in [-0.39, 0.29) is 11.6 Å². The summed E-state index contributed by atoms with van der Waals surface area (Å²) in [5.74, 6) is -0.759. The molecule has 67 valence electrons. The Kier molecular flexibility index (Phi) is 5.60. The van der Waals surface area contributed by atoms with Crippen LogP contribution in [0.15, 0.2) is 22.7 Å². The summed E-state index contributed by atoms with van der Waals surface area (Å²) in [5.41, 5.74) is 0. The molecule has 0 amide bonds. The Labute approximate surface area is 80.5 Å². The van der Waals surface area contributed by atoms with Gasteiger partial charge in [-0.2, -0.15) is 0 Å². The van der Waals surface area contributed by atoms with Gasteiger partial charge in [-0.05, 0) is 0 Å². The van der Waals surface area contributed by atoms with Crippen LogP contribution in [0.5, 0.6) is 0 Å². The summed E-state index contributed by atoms with van der Waals surface area (Å²) in [6.45, 7) is 2.50. The monoisotopic (exact) mass is 207 g/mol. The number of carbonyl (C=O) groups is 2. The average molecular weight is 207 g/mol. The van der Waals surface area contributed by atoms with Crippen molar-refractivity contribution >= 4 is 11.6 Å². The quantitative estimate of drug-likeness (QED) is 0.482. The molecule has 0 fully saturated rings. The van der Waals surface area contributed by atoms with Gasteiger partial charge >= 0.3 is 45.1 Å². The second-order valence-electron chi connectivity index (χ2n) is 2.34. The molecule has 0 heterocycles. The van der Waals surface area contributed by atoms with Crippen molar-refractivity contribution in [3.8, 4) is 0 Å². The van der Waals surface area contributed by atoms with E-state index in [2.05, 4.69) is 22.1 Å². The van der Waals surface area contributed by atoms with E-state index in [9.17, 15) is 9.59 Å². The van der Waals surface area contributed by atoms with E-state index in [0.717, 1.165) is 6.42 Å². The summed E-state index contributed by atoms with van der Waals surface area (Å²) in [7, 11) is 0. The molecule has 0 aromatic rings. The van der Waals surface area contributed by atoms with Crippen molar-refractivity contribution in [1.82, 2.24) is 0 Å². The molecule has 12 heavy (non-hydrogen) atoms. The van der Waals surface area contributed by atoms with Gasteiger partial charge in [0, 0.05) is 13.8 Å². The Morgan fingerprint density at radius 2 is 1.83 bits per heavy atom. The molecule has 0 aromatic carbocycles. The standard InChI is InChI=1S/C5H5.C4H6O2.Fe/c1-2-4-5-3-1;1-3(5)4(2)6;/h1-3H,4H2;1-2H3;. The third kappa shape index (κ3) is 6.08. The third-order valence-electron chi connectivity index (χ3n) is 1.21. The minimum absolute atomic E-state index is 0.380. The maximum atomic E-state index is 9.79. The topological polar surface area (TPSA) is 34.1 Å². The summed E-state index contributed by atoms with van der Waals surface area (Å²) in [5, 5.41) is 0. The fraction of sp³-hybridized carbons (Fsp3) is 0.333. The molecule has 0 spiro atoms. The van der Waals surface area contributed by atoms with Crippen molar-refractivity contribution in [1.29, 1.82) is 0 Å². The summed E-state index contributed by atoms with van der Waals surface area (Å²) in [6, 6.07) is 0. The van der Waals surface area contributed by atoms with Crippen LogP contribution in [0, 0.1) is 0 Å². The van der Waals surface area contributed by atoms with Crippen LogP contribution in [-0.4, -0.2) is 11.6 Å². The van der Waals surface area contributed by atoms with Crippen molar-refractivity contribution in [3.63, 3.8) is 0 Å². The summed E-state index contributed by atoms with van der Waals surface area (Å²) >= 11 is 3.74. The fourth-order valence-electron chi connectivity index (χ4n) is 0.416. The predicted octanol–water partition coefficient (Wildman–Crippen LogP) is 1.54. The van der Waals surface area contributed by atoms with Gasteiger partial charge in [-0.15, -0.1) is 0 Å². The first kappa shape index (κ1) is 11.3. The zero-order valence-corrected chi connectivity index (χ0v) is 8.21. The molecule has 0 saturated heterocycles. The second-order valence-corrected chi connectivity index (χ2v) is 3.05. The molecule has 0 saturated carbocycles. The molecule has 0 unspecified atom stereocenters. The SMILES string of the molecule is CC(=O)C(C)=O.[Fe][C]1=CC=CC1. The Morgan fingerprint density at radius 1 is 1.33 bits per heavy atom. The van der Waals surface area contributed by atoms with Crippen LogP contribution in [0.2, 0.25) is 0 Å². The number of hydrogen-bond acceptors (Lipinski definition) is 2. The zero-order chi connectivity index (χ0) is 9.56. The number of hydrogen-bond donors (Lipinski definition) is 0. The van der Waals surface area contributed by atoms with Crippen LogP contribution in [0.1, 0.15) is 20.3 Å². The second kappa shape index (κ2) is 5.92. The van der Waals surface area contributed by atoms with Gasteiger partial charge < -0.3 is 0 Å². The van der Waals surface area contributed by atoms with Gasteiger partial charge in [0.05, 0.1) is 0 Å². The molecule has 0 N–H and O–H groups in total. The van der Waals surface area contributed by atoms with E-state index in [1.807, 2.05) is 12.2 Å². The molecule has 0 aliphatic heterocycles. The van der Waals surface area contributed by atoms with Crippen LogP contribution in [0.3, 0.4) is 0 Å². The van der Waals surface area contributed by atoms with Crippen LogP contribution >= 0.6 is 0 Å². The molecular weight excluding hydrogens is 196 g/mol. The Balaban J connectivity index is 0.000000202. The fourth-order valence-corrected chi connectivity index (χ4v) is 0.652. The Bertz CT molecular complexity index is 227. The van der Waals surface area contributed by atoms with Crippen molar-refractivity contribution in [3.05, 3.63) is 22.7 Å². The first-order valence-electron chi connectivity index (χ1n) is 3.55. The van der Waals surface area contributed by atoms with Gasteiger partial charge in [0.15, 0.2) is 11.6 Å². The van der Waals surface area contributed by atoms with E-state index < -0.39 is 0 Å². The third-order valence-corrected chi connectivity index (χ3v) is 1.62. The Morgan fingerprint density at radius 3 is 1.92 bits per heavy atom. The molecule has 0 bridgehead atoms.